The van der Waals surface area contributed by atoms with Crippen LogP contribution in [-0.4, -0.2) is 4.98 Å². The van der Waals surface area contributed by atoms with Crippen molar-refractivity contribution in [1.29, 1.82) is 0 Å². The summed E-state index contributed by atoms with van der Waals surface area (Å²) in [6.45, 7) is 0. The van der Waals surface area contributed by atoms with Gasteiger partial charge in [0.05, 0.1) is 11.3 Å². The summed E-state index contributed by atoms with van der Waals surface area (Å²) < 4.78 is 0. The van der Waals surface area contributed by atoms with Crippen molar-refractivity contribution in [3.63, 3.8) is 0 Å². The highest BCUT2D eigenvalue weighted by atomic mass is 14.7. The molecule has 0 atom stereocenters. The van der Waals surface area contributed by atoms with E-state index in [1.54, 1.807) is 18.5 Å². The van der Waals surface area contributed by atoms with Gasteiger partial charge >= 0.3 is 0 Å². The van der Waals surface area contributed by atoms with Gasteiger partial charge in [0.15, 0.2) is 0 Å². The Bertz CT molecular complexity index is 342. The minimum Gasteiger partial charge on any atom is -0.398 e. The molecule has 12 heavy (non-hydrogen) atoms. The maximum absolute atomic E-state index is 5.68. The Labute approximate surface area is 71.8 Å². The van der Waals surface area contributed by atoms with Crippen LogP contribution in [0.15, 0.2) is 18.5 Å². The van der Waals surface area contributed by atoms with Crippen LogP contribution in [0.5, 0.6) is 0 Å². The Morgan fingerprint density at radius 3 is 3.00 bits per heavy atom. The first-order chi connectivity index (χ1) is 5.86. The monoisotopic (exact) mass is 158 g/mol. The van der Waals surface area contributed by atoms with Gasteiger partial charge in [0.2, 0.25) is 0 Å². The van der Waals surface area contributed by atoms with Gasteiger partial charge in [-0.05, 0) is 18.9 Å². The first kappa shape index (κ1) is 7.17. The summed E-state index contributed by atoms with van der Waals surface area (Å²) in [6.07, 6.45) is 5.88. The molecule has 1 heterocycles. The van der Waals surface area contributed by atoms with E-state index < -0.39 is 0 Å². The second kappa shape index (κ2) is 2.86. The van der Waals surface area contributed by atoms with E-state index >= 15 is 0 Å². The molecule has 1 aliphatic carbocycles. The van der Waals surface area contributed by atoms with Crippen LogP contribution < -0.4 is 5.73 Å². The highest BCUT2D eigenvalue weighted by Crippen LogP contribution is 2.27. The zero-order valence-corrected chi connectivity index (χ0v) is 6.75. The van der Waals surface area contributed by atoms with Crippen molar-refractivity contribution >= 4 is 5.69 Å². The maximum Gasteiger partial charge on any atom is 0.0658 e. The Hall–Kier alpha value is -1.49. The van der Waals surface area contributed by atoms with Crippen molar-refractivity contribution in [1.82, 2.24) is 4.98 Å². The van der Waals surface area contributed by atoms with Crippen molar-refractivity contribution in [3.05, 3.63) is 24.0 Å². The topological polar surface area (TPSA) is 38.9 Å². The summed E-state index contributed by atoms with van der Waals surface area (Å²) >= 11 is 0. The van der Waals surface area contributed by atoms with Gasteiger partial charge in [-0.2, -0.15) is 0 Å². The lowest BCUT2D eigenvalue weighted by molar-refractivity contribution is 1.18. The molecule has 2 N–H and O–H groups in total. The average molecular weight is 158 g/mol. The van der Waals surface area contributed by atoms with Crippen LogP contribution in [0.4, 0.5) is 5.69 Å². The minimum absolute atomic E-state index is 0.615. The molecule has 0 unspecified atom stereocenters. The molecule has 0 saturated heterocycles. The molecule has 60 valence electrons. The van der Waals surface area contributed by atoms with E-state index in [1.807, 2.05) is 0 Å². The summed E-state index contributed by atoms with van der Waals surface area (Å²) in [7, 11) is 0. The van der Waals surface area contributed by atoms with Crippen molar-refractivity contribution in [2.45, 2.75) is 12.8 Å². The van der Waals surface area contributed by atoms with E-state index in [1.165, 1.54) is 12.8 Å². The first-order valence-electron chi connectivity index (χ1n) is 4.07. The van der Waals surface area contributed by atoms with Crippen molar-refractivity contribution in [2.24, 2.45) is 5.92 Å². The molecule has 0 aromatic carbocycles. The SMILES string of the molecule is Nc1ccncc1C#CC1CC1. The van der Waals surface area contributed by atoms with Crippen LogP contribution in [0.1, 0.15) is 18.4 Å². The van der Waals surface area contributed by atoms with E-state index in [2.05, 4.69) is 16.8 Å². The number of anilines is 1. The Morgan fingerprint density at radius 1 is 1.50 bits per heavy atom. The third kappa shape index (κ3) is 1.57. The minimum atomic E-state index is 0.615. The van der Waals surface area contributed by atoms with E-state index in [0.717, 1.165) is 11.3 Å². The molecule has 1 aliphatic rings. The summed E-state index contributed by atoms with van der Waals surface area (Å²) in [4.78, 5) is 3.96. The van der Waals surface area contributed by atoms with Crippen LogP contribution in [0.3, 0.4) is 0 Å². The lowest BCUT2D eigenvalue weighted by Crippen LogP contribution is -1.90. The molecular formula is C10H10N2. The van der Waals surface area contributed by atoms with E-state index in [-0.39, 0.29) is 0 Å². The molecule has 0 bridgehead atoms. The smallest absolute Gasteiger partial charge is 0.0658 e. The average Bonchev–Trinajstić information content (AvgIpc) is 2.86. The van der Waals surface area contributed by atoms with Crippen LogP contribution in [0.25, 0.3) is 0 Å². The normalized spacial score (nSPS) is 15.0. The predicted octanol–water partition coefficient (Wildman–Crippen LogP) is 1.43. The molecule has 0 aliphatic heterocycles. The Kier molecular flexibility index (Phi) is 1.71. The van der Waals surface area contributed by atoms with Crippen molar-refractivity contribution < 1.29 is 0 Å². The van der Waals surface area contributed by atoms with Gasteiger partial charge in [0, 0.05) is 18.3 Å². The summed E-state index contributed by atoms with van der Waals surface area (Å²) in [5.74, 6) is 6.80. The molecule has 0 amide bonds. The molecule has 1 aromatic heterocycles. The van der Waals surface area contributed by atoms with E-state index in [9.17, 15) is 0 Å². The van der Waals surface area contributed by atoms with Gasteiger partial charge in [-0.15, -0.1) is 0 Å². The molecule has 1 saturated carbocycles. The van der Waals surface area contributed by atoms with Gasteiger partial charge in [-0.1, -0.05) is 11.8 Å². The fourth-order valence-corrected chi connectivity index (χ4v) is 0.917. The molecule has 2 rings (SSSR count). The second-order valence-corrected chi connectivity index (χ2v) is 3.01. The van der Waals surface area contributed by atoms with Crippen molar-refractivity contribution in [3.8, 4) is 11.8 Å². The van der Waals surface area contributed by atoms with Gasteiger partial charge in [-0.3, -0.25) is 4.98 Å². The maximum atomic E-state index is 5.68. The van der Waals surface area contributed by atoms with Crippen LogP contribution in [0.2, 0.25) is 0 Å². The fraction of sp³-hybridized carbons (Fsp3) is 0.300. The zero-order chi connectivity index (χ0) is 8.39. The third-order valence-corrected chi connectivity index (χ3v) is 1.84. The van der Waals surface area contributed by atoms with E-state index in [0.29, 0.717) is 5.92 Å². The number of nitrogens with two attached hydrogens (primary N) is 1. The quantitative estimate of drug-likeness (QED) is 0.580. The summed E-state index contributed by atoms with van der Waals surface area (Å²) in [5.41, 5.74) is 7.26. The number of hydrogen-bond donors (Lipinski definition) is 1. The number of rotatable bonds is 0. The highest BCUT2D eigenvalue weighted by Gasteiger charge is 2.17. The molecule has 0 radical (unpaired) electrons. The fourth-order valence-electron chi connectivity index (χ4n) is 0.917. The predicted molar refractivity (Wildman–Crippen MR) is 48.3 cm³/mol. The third-order valence-electron chi connectivity index (χ3n) is 1.84. The largest absolute Gasteiger partial charge is 0.398 e. The molecule has 1 fully saturated rings. The number of pyridine rings is 1. The molecule has 0 spiro atoms. The van der Waals surface area contributed by atoms with Gasteiger partial charge < -0.3 is 5.73 Å². The number of hydrogen-bond acceptors (Lipinski definition) is 2. The highest BCUT2D eigenvalue weighted by molar-refractivity contribution is 5.54. The van der Waals surface area contributed by atoms with Crippen LogP contribution >= 0.6 is 0 Å². The standard InChI is InChI=1S/C10H10N2/c11-10-5-6-12-7-9(10)4-3-8-1-2-8/h5-8H,1-2H2,(H2,11,12). The molecule has 2 nitrogen and oxygen atoms in total. The van der Waals surface area contributed by atoms with Crippen LogP contribution in [0, 0.1) is 17.8 Å². The second-order valence-electron chi connectivity index (χ2n) is 3.01. The van der Waals surface area contributed by atoms with Gasteiger partial charge in [-0.25, -0.2) is 0 Å². The zero-order valence-electron chi connectivity index (χ0n) is 6.75. The Balaban J connectivity index is 2.23. The van der Waals surface area contributed by atoms with Crippen LogP contribution in [-0.2, 0) is 0 Å². The molecular weight excluding hydrogens is 148 g/mol. The number of nitrogen functional groups attached to an aromatic ring is 1. The number of aromatic nitrogens is 1. The summed E-state index contributed by atoms with van der Waals surface area (Å²) in [6, 6.07) is 1.77. The summed E-state index contributed by atoms with van der Waals surface area (Å²) in [5, 5.41) is 0. The van der Waals surface area contributed by atoms with Gasteiger partial charge in [0.25, 0.3) is 0 Å². The number of nitrogens with zero attached hydrogens (tertiary/aromatic N) is 1. The van der Waals surface area contributed by atoms with Crippen molar-refractivity contribution in [2.75, 3.05) is 5.73 Å². The first-order valence-corrected chi connectivity index (χ1v) is 4.07. The Morgan fingerprint density at radius 2 is 2.33 bits per heavy atom. The molecule has 2 heteroatoms. The van der Waals surface area contributed by atoms with Gasteiger partial charge in [0.1, 0.15) is 0 Å². The van der Waals surface area contributed by atoms with E-state index in [4.69, 9.17) is 5.73 Å². The lowest BCUT2D eigenvalue weighted by atomic mass is 10.2. The molecule has 1 aromatic rings. The lowest BCUT2D eigenvalue weighted by Gasteiger charge is -1.93.